The average molecular weight is 384 g/mol. The molecule has 0 bridgehead atoms. The Bertz CT molecular complexity index is 711. The Morgan fingerprint density at radius 1 is 1.22 bits per heavy atom. The number of hydrogen-bond acceptors (Lipinski definition) is 3. The molecule has 2 aliphatic rings. The van der Waals surface area contributed by atoms with Crippen molar-refractivity contribution in [3.05, 3.63) is 30.1 Å². The first-order valence-corrected chi connectivity index (χ1v) is 9.02. The van der Waals surface area contributed by atoms with Crippen LogP contribution in [0.25, 0.3) is 0 Å². The topological polar surface area (TPSA) is 58.6 Å². The van der Waals surface area contributed by atoms with E-state index in [4.69, 9.17) is 4.74 Å². The number of benzene rings is 1. The molecule has 148 valence electrons. The largest absolute Gasteiger partial charge is 0.484 e. The van der Waals surface area contributed by atoms with E-state index in [1.165, 1.54) is 31.2 Å². The van der Waals surface area contributed by atoms with Crippen LogP contribution in [0.5, 0.6) is 5.75 Å². The molecule has 2 fully saturated rings. The van der Waals surface area contributed by atoms with Gasteiger partial charge in [-0.05, 0) is 36.6 Å². The van der Waals surface area contributed by atoms with Gasteiger partial charge in [0.2, 0.25) is 5.91 Å². The summed E-state index contributed by atoms with van der Waals surface area (Å²) in [6.07, 6.45) is 0.626. The summed E-state index contributed by atoms with van der Waals surface area (Å²) in [6.45, 7) is 3.85. The van der Waals surface area contributed by atoms with Gasteiger partial charge in [-0.25, -0.2) is 13.2 Å². The molecule has 0 aromatic heterocycles. The second-order valence-corrected chi connectivity index (χ2v) is 7.53. The van der Waals surface area contributed by atoms with Crippen molar-refractivity contribution in [2.24, 2.45) is 17.8 Å². The van der Waals surface area contributed by atoms with E-state index in [1.807, 2.05) is 6.92 Å². The third kappa shape index (κ3) is 4.36. The Morgan fingerprint density at radius 3 is 2.44 bits per heavy atom. The Hall–Kier alpha value is -2.25. The van der Waals surface area contributed by atoms with Crippen LogP contribution in [-0.2, 0) is 9.59 Å². The molecule has 0 unspecified atom stereocenters. The summed E-state index contributed by atoms with van der Waals surface area (Å²) in [4.78, 5) is 26.0. The van der Waals surface area contributed by atoms with Crippen LogP contribution in [0.1, 0.15) is 20.3 Å². The predicted octanol–water partition coefficient (Wildman–Crippen LogP) is 2.46. The van der Waals surface area contributed by atoms with Crippen molar-refractivity contribution in [2.45, 2.75) is 32.2 Å². The van der Waals surface area contributed by atoms with E-state index in [-0.39, 0.29) is 31.0 Å². The van der Waals surface area contributed by atoms with Gasteiger partial charge in [-0.3, -0.25) is 9.59 Å². The van der Waals surface area contributed by atoms with Crippen LogP contribution in [0.15, 0.2) is 24.3 Å². The second kappa shape index (κ2) is 7.40. The SMILES string of the molecule is C[C@H]1C[C@H](NC(=O)[C@@H]2[C@@H](C)C2(F)F)CN(C(=O)COc2ccc(F)cc2)C1. The number of nitrogens with zero attached hydrogens (tertiary/aromatic N) is 1. The van der Waals surface area contributed by atoms with Crippen molar-refractivity contribution in [3.63, 3.8) is 0 Å². The molecule has 1 saturated heterocycles. The van der Waals surface area contributed by atoms with Crippen molar-refractivity contribution < 1.29 is 27.5 Å². The number of rotatable bonds is 5. The Labute approximate surface area is 155 Å². The van der Waals surface area contributed by atoms with Gasteiger partial charge in [-0.2, -0.15) is 0 Å². The third-order valence-corrected chi connectivity index (χ3v) is 5.23. The molecular formula is C19H23F3N2O3. The lowest BCUT2D eigenvalue weighted by Crippen LogP contribution is -2.53. The molecule has 2 amide bonds. The molecule has 0 spiro atoms. The van der Waals surface area contributed by atoms with Crippen molar-refractivity contribution in [2.75, 3.05) is 19.7 Å². The summed E-state index contributed by atoms with van der Waals surface area (Å²) in [5.41, 5.74) is 0. The lowest BCUT2D eigenvalue weighted by atomic mass is 9.95. The highest BCUT2D eigenvalue weighted by molar-refractivity contribution is 5.84. The smallest absolute Gasteiger partial charge is 0.263 e. The minimum Gasteiger partial charge on any atom is -0.484 e. The van der Waals surface area contributed by atoms with Gasteiger partial charge in [0.15, 0.2) is 6.61 Å². The van der Waals surface area contributed by atoms with Crippen LogP contribution in [0.4, 0.5) is 13.2 Å². The number of likely N-dealkylation sites (tertiary alicyclic amines) is 1. The minimum absolute atomic E-state index is 0.121. The number of amides is 2. The van der Waals surface area contributed by atoms with Crippen LogP contribution in [0.2, 0.25) is 0 Å². The Morgan fingerprint density at radius 2 is 1.85 bits per heavy atom. The molecule has 1 aromatic carbocycles. The zero-order chi connectivity index (χ0) is 19.8. The fourth-order valence-corrected chi connectivity index (χ4v) is 3.60. The first kappa shape index (κ1) is 19.5. The van der Waals surface area contributed by atoms with E-state index >= 15 is 0 Å². The van der Waals surface area contributed by atoms with E-state index in [2.05, 4.69) is 5.32 Å². The zero-order valence-electron chi connectivity index (χ0n) is 15.3. The van der Waals surface area contributed by atoms with Gasteiger partial charge in [0.1, 0.15) is 17.5 Å². The number of hydrogen-bond donors (Lipinski definition) is 1. The maximum absolute atomic E-state index is 13.4. The van der Waals surface area contributed by atoms with E-state index < -0.39 is 29.5 Å². The van der Waals surface area contributed by atoms with Crippen molar-refractivity contribution in [3.8, 4) is 5.75 Å². The average Bonchev–Trinajstić information content (AvgIpc) is 3.11. The number of alkyl halides is 2. The van der Waals surface area contributed by atoms with Crippen LogP contribution in [0, 0.1) is 23.6 Å². The molecule has 1 heterocycles. The molecule has 8 heteroatoms. The maximum Gasteiger partial charge on any atom is 0.263 e. The fourth-order valence-electron chi connectivity index (χ4n) is 3.60. The van der Waals surface area contributed by atoms with Gasteiger partial charge in [-0.15, -0.1) is 0 Å². The van der Waals surface area contributed by atoms with E-state index in [0.29, 0.717) is 18.7 Å². The third-order valence-electron chi connectivity index (χ3n) is 5.23. The molecule has 1 aliphatic heterocycles. The number of carbonyl (C=O) groups excluding carboxylic acids is 2. The number of carbonyl (C=O) groups is 2. The van der Waals surface area contributed by atoms with Crippen LogP contribution < -0.4 is 10.1 Å². The summed E-state index contributed by atoms with van der Waals surface area (Å²) in [5.74, 6) is -5.98. The molecule has 1 N–H and O–H groups in total. The van der Waals surface area contributed by atoms with Crippen molar-refractivity contribution in [1.29, 1.82) is 0 Å². The summed E-state index contributed by atoms with van der Waals surface area (Å²) in [7, 11) is 0. The monoisotopic (exact) mass is 384 g/mol. The highest BCUT2D eigenvalue weighted by atomic mass is 19.3. The summed E-state index contributed by atoms with van der Waals surface area (Å²) in [5, 5.41) is 2.67. The quantitative estimate of drug-likeness (QED) is 0.849. The molecule has 5 nitrogen and oxygen atoms in total. The second-order valence-electron chi connectivity index (χ2n) is 7.53. The van der Waals surface area contributed by atoms with E-state index in [9.17, 15) is 22.8 Å². The number of piperidine rings is 1. The van der Waals surface area contributed by atoms with Gasteiger partial charge in [0, 0.05) is 25.0 Å². The molecule has 0 radical (unpaired) electrons. The van der Waals surface area contributed by atoms with Crippen LogP contribution >= 0.6 is 0 Å². The lowest BCUT2D eigenvalue weighted by molar-refractivity contribution is -0.137. The fraction of sp³-hybridized carbons (Fsp3) is 0.579. The maximum atomic E-state index is 13.4. The van der Waals surface area contributed by atoms with Gasteiger partial charge in [0.25, 0.3) is 11.8 Å². The summed E-state index contributed by atoms with van der Waals surface area (Å²) >= 11 is 0. The predicted molar refractivity (Wildman–Crippen MR) is 91.8 cm³/mol. The standard InChI is InChI=1S/C19H23F3N2O3/c1-11-7-14(23-18(26)17-12(2)19(17,21)22)9-24(8-11)16(25)10-27-15-5-3-13(20)4-6-15/h3-6,11-12,14,17H,7-10H2,1-2H3,(H,23,26)/t11-,12+,14-,17-/m0/s1. The number of ether oxygens (including phenoxy) is 1. The Kier molecular flexibility index (Phi) is 5.35. The normalized spacial score (nSPS) is 29.1. The van der Waals surface area contributed by atoms with Gasteiger partial charge < -0.3 is 15.0 Å². The molecule has 1 saturated carbocycles. The molecule has 27 heavy (non-hydrogen) atoms. The molecular weight excluding hydrogens is 361 g/mol. The first-order valence-electron chi connectivity index (χ1n) is 9.02. The number of halogens is 3. The van der Waals surface area contributed by atoms with Gasteiger partial charge in [-0.1, -0.05) is 13.8 Å². The zero-order valence-corrected chi connectivity index (χ0v) is 15.3. The summed E-state index contributed by atoms with van der Waals surface area (Å²) < 4.78 is 45.1. The van der Waals surface area contributed by atoms with E-state index in [0.717, 1.165) is 0 Å². The minimum atomic E-state index is -2.94. The first-order chi connectivity index (χ1) is 12.7. The van der Waals surface area contributed by atoms with Gasteiger partial charge in [0.05, 0.1) is 0 Å². The molecule has 3 rings (SSSR count). The Balaban J connectivity index is 1.52. The van der Waals surface area contributed by atoms with Crippen LogP contribution in [-0.4, -0.2) is 48.4 Å². The van der Waals surface area contributed by atoms with Gasteiger partial charge >= 0.3 is 0 Å². The molecule has 4 atom stereocenters. The summed E-state index contributed by atoms with van der Waals surface area (Å²) in [6, 6.07) is 4.98. The highest BCUT2D eigenvalue weighted by Gasteiger charge is 2.69. The lowest BCUT2D eigenvalue weighted by Gasteiger charge is -2.36. The molecule has 1 aliphatic carbocycles. The van der Waals surface area contributed by atoms with E-state index in [1.54, 1.807) is 4.90 Å². The molecule has 1 aromatic rings. The highest BCUT2D eigenvalue weighted by Crippen LogP contribution is 2.54. The number of nitrogens with one attached hydrogen (secondary N) is 1. The van der Waals surface area contributed by atoms with Crippen LogP contribution in [0.3, 0.4) is 0 Å². The van der Waals surface area contributed by atoms with Crippen molar-refractivity contribution in [1.82, 2.24) is 10.2 Å². The van der Waals surface area contributed by atoms with Crippen molar-refractivity contribution >= 4 is 11.8 Å².